The fourth-order valence-electron chi connectivity index (χ4n) is 6.45. The van der Waals surface area contributed by atoms with Gasteiger partial charge in [-0.05, 0) is 77.4 Å². The van der Waals surface area contributed by atoms with Crippen LogP contribution >= 0.6 is 0 Å². The maximum atomic E-state index is 12.5. The molecule has 9 nitrogen and oxygen atoms in total. The average Bonchev–Trinajstić information content (AvgIpc) is 3.11. The molecule has 0 saturated carbocycles. The molecule has 0 saturated heterocycles. The summed E-state index contributed by atoms with van der Waals surface area (Å²) in [5.41, 5.74) is -0.0731. The van der Waals surface area contributed by atoms with Crippen LogP contribution in [0.4, 0.5) is 11.4 Å². The Kier molecular flexibility index (Phi) is 28.6. The van der Waals surface area contributed by atoms with Gasteiger partial charge in [-0.3, -0.25) is 19.2 Å². The molecule has 2 N–H and O–H groups in total. The van der Waals surface area contributed by atoms with Gasteiger partial charge in [-0.2, -0.15) is 0 Å². The third-order valence-corrected chi connectivity index (χ3v) is 9.64. The summed E-state index contributed by atoms with van der Waals surface area (Å²) >= 11 is 0. The lowest BCUT2D eigenvalue weighted by atomic mass is 10.1. The molecule has 1 unspecified atom stereocenters. The number of hydrogen-bond donors (Lipinski definition) is 2. The molecule has 1 aromatic carbocycles. The fraction of sp³-hybridized carbons (Fsp3) is 0.854. The Labute approximate surface area is 305 Å². The minimum Gasteiger partial charge on any atom is -0.466 e. The van der Waals surface area contributed by atoms with Crippen molar-refractivity contribution in [1.82, 2.24) is 4.90 Å². The first-order valence-electron chi connectivity index (χ1n) is 20.7. The van der Waals surface area contributed by atoms with Gasteiger partial charge in [0, 0.05) is 26.4 Å². The second-order valence-electron chi connectivity index (χ2n) is 14.2. The summed E-state index contributed by atoms with van der Waals surface area (Å²) in [6.45, 7) is 10.8. The monoisotopic (exact) mass is 706 g/mol. The quantitative estimate of drug-likeness (QED) is 0.0401. The van der Waals surface area contributed by atoms with Crippen LogP contribution in [0.5, 0.6) is 0 Å². The van der Waals surface area contributed by atoms with Gasteiger partial charge in [-0.15, -0.1) is 0 Å². The molecule has 0 radical (unpaired) electrons. The predicted octanol–water partition coefficient (Wildman–Crippen LogP) is 9.31. The van der Waals surface area contributed by atoms with Crippen LogP contribution in [0.1, 0.15) is 181 Å². The van der Waals surface area contributed by atoms with Crippen molar-refractivity contribution in [3.63, 3.8) is 0 Å². The molecule has 1 atom stereocenters. The van der Waals surface area contributed by atoms with E-state index in [0.29, 0.717) is 37.4 Å². The zero-order chi connectivity index (χ0) is 36.7. The number of anilines is 2. The summed E-state index contributed by atoms with van der Waals surface area (Å²) in [6, 6.07) is 0. The van der Waals surface area contributed by atoms with Gasteiger partial charge in [-0.1, -0.05) is 111 Å². The molecule has 0 fully saturated rings. The number of carbonyl (C=O) groups is 2. The van der Waals surface area contributed by atoms with Gasteiger partial charge in [0.25, 0.3) is 10.9 Å². The highest BCUT2D eigenvalue weighted by Crippen LogP contribution is 2.17. The molecule has 0 heterocycles. The molecule has 1 rings (SSSR count). The van der Waals surface area contributed by atoms with Crippen LogP contribution in [0.2, 0.25) is 0 Å². The van der Waals surface area contributed by atoms with E-state index in [9.17, 15) is 19.2 Å². The molecular formula is C41H75N3O6. The highest BCUT2D eigenvalue weighted by atomic mass is 16.5. The molecule has 1 aromatic rings. The summed E-state index contributed by atoms with van der Waals surface area (Å²) in [5.74, 6) is -0.0827. The fourth-order valence-corrected chi connectivity index (χ4v) is 6.45. The first-order chi connectivity index (χ1) is 24.4. The topological polar surface area (TPSA) is 114 Å². The number of nitrogens with one attached hydrogen (secondary N) is 2. The zero-order valence-electron chi connectivity index (χ0n) is 32.7. The number of unbranched alkanes of at least 4 members (excludes halogenated alkanes) is 15. The number of esters is 2. The third kappa shape index (κ3) is 22.4. The standard InChI is InChI=1S/C41H75N3O6/c1-5-8-11-18-24-34-49-36(45)28-20-14-12-16-22-31-44(33-25-30-43-39-38(42-4)40(47)41(39)48)32-23-17-13-15-21-29-37(46)50-35(26-10-7-3)27-19-9-6-2/h35,42-43H,5-34H2,1-4H3. The SMILES string of the molecule is CCCCCCCOC(=O)CCCCCCCN(CCCCCCCC(=O)OC(CCCC)CCCCC)CCCNc1c(NC)c(=O)c1=O. The highest BCUT2D eigenvalue weighted by molar-refractivity contribution is 5.73. The summed E-state index contributed by atoms with van der Waals surface area (Å²) in [7, 11) is 1.66. The molecule has 0 aliphatic heterocycles. The Morgan fingerprint density at radius 1 is 0.580 bits per heavy atom. The smallest absolute Gasteiger partial charge is 0.306 e. The van der Waals surface area contributed by atoms with Crippen LogP contribution in [-0.2, 0) is 19.1 Å². The first kappa shape index (κ1) is 45.6. The second-order valence-corrected chi connectivity index (χ2v) is 14.2. The number of hydrogen-bond acceptors (Lipinski definition) is 9. The van der Waals surface area contributed by atoms with Crippen LogP contribution < -0.4 is 21.5 Å². The van der Waals surface area contributed by atoms with Crippen molar-refractivity contribution in [2.45, 2.75) is 187 Å². The molecule has 0 aromatic heterocycles. The second kappa shape index (κ2) is 31.3. The lowest BCUT2D eigenvalue weighted by Crippen LogP contribution is -2.37. The summed E-state index contributed by atoms with van der Waals surface area (Å²) in [6.07, 6.45) is 26.3. The Hall–Kier alpha value is -2.42. The first-order valence-corrected chi connectivity index (χ1v) is 20.7. The van der Waals surface area contributed by atoms with Gasteiger partial charge in [-0.25, -0.2) is 0 Å². The maximum Gasteiger partial charge on any atom is 0.306 e. The Balaban J connectivity index is 2.32. The third-order valence-electron chi connectivity index (χ3n) is 9.64. The lowest BCUT2D eigenvalue weighted by molar-refractivity contribution is -0.150. The van der Waals surface area contributed by atoms with E-state index in [1.165, 1.54) is 32.1 Å². The minimum atomic E-state index is -0.443. The molecule has 0 spiro atoms. The predicted molar refractivity (Wildman–Crippen MR) is 209 cm³/mol. The van der Waals surface area contributed by atoms with E-state index in [1.54, 1.807) is 7.05 Å². The summed E-state index contributed by atoms with van der Waals surface area (Å²) in [4.78, 5) is 50.6. The van der Waals surface area contributed by atoms with Crippen molar-refractivity contribution in [2.24, 2.45) is 0 Å². The van der Waals surface area contributed by atoms with Crippen molar-refractivity contribution < 1.29 is 19.1 Å². The van der Waals surface area contributed by atoms with Crippen LogP contribution in [0.25, 0.3) is 0 Å². The van der Waals surface area contributed by atoms with E-state index in [4.69, 9.17) is 9.47 Å². The number of rotatable bonds is 36. The van der Waals surface area contributed by atoms with E-state index < -0.39 is 10.9 Å². The minimum absolute atomic E-state index is 0.0268. The van der Waals surface area contributed by atoms with Crippen molar-refractivity contribution in [2.75, 3.05) is 50.5 Å². The molecule has 50 heavy (non-hydrogen) atoms. The van der Waals surface area contributed by atoms with Gasteiger partial charge >= 0.3 is 11.9 Å². The molecular weight excluding hydrogens is 630 g/mol. The van der Waals surface area contributed by atoms with Crippen molar-refractivity contribution >= 4 is 23.3 Å². The van der Waals surface area contributed by atoms with Crippen molar-refractivity contribution in [3.05, 3.63) is 20.4 Å². The van der Waals surface area contributed by atoms with Gasteiger partial charge in [0.05, 0.1) is 6.61 Å². The van der Waals surface area contributed by atoms with Crippen molar-refractivity contribution in [1.29, 1.82) is 0 Å². The van der Waals surface area contributed by atoms with E-state index in [1.807, 2.05) is 0 Å². The molecule has 9 heteroatoms. The van der Waals surface area contributed by atoms with E-state index in [0.717, 1.165) is 135 Å². The van der Waals surface area contributed by atoms with Crippen LogP contribution in [-0.4, -0.2) is 62.8 Å². The zero-order valence-corrected chi connectivity index (χ0v) is 32.7. The van der Waals surface area contributed by atoms with Crippen molar-refractivity contribution in [3.8, 4) is 0 Å². The van der Waals surface area contributed by atoms with Gasteiger partial charge < -0.3 is 25.0 Å². The van der Waals surface area contributed by atoms with E-state index in [-0.39, 0.29) is 18.0 Å². The van der Waals surface area contributed by atoms with E-state index >= 15 is 0 Å². The molecule has 290 valence electrons. The summed E-state index contributed by atoms with van der Waals surface area (Å²) in [5, 5.41) is 5.98. The van der Waals surface area contributed by atoms with Crippen LogP contribution in [0.3, 0.4) is 0 Å². The van der Waals surface area contributed by atoms with Gasteiger partial charge in [0.1, 0.15) is 17.5 Å². The number of ether oxygens (including phenoxy) is 2. The molecule has 0 bridgehead atoms. The molecule has 0 aliphatic carbocycles. The lowest BCUT2D eigenvalue weighted by Gasteiger charge is -2.23. The highest BCUT2D eigenvalue weighted by Gasteiger charge is 2.19. The van der Waals surface area contributed by atoms with Gasteiger partial charge in [0.2, 0.25) is 0 Å². The number of carbonyl (C=O) groups excluding carboxylic acids is 2. The molecule has 0 aliphatic rings. The molecule has 0 amide bonds. The largest absolute Gasteiger partial charge is 0.466 e. The Morgan fingerprint density at radius 2 is 1.08 bits per heavy atom. The normalized spacial score (nSPS) is 12.0. The van der Waals surface area contributed by atoms with Crippen LogP contribution in [0.15, 0.2) is 9.59 Å². The number of nitrogens with zero attached hydrogens (tertiary/aromatic N) is 1. The van der Waals surface area contributed by atoms with Crippen LogP contribution in [0, 0.1) is 0 Å². The van der Waals surface area contributed by atoms with E-state index in [2.05, 4.69) is 36.3 Å². The average molecular weight is 706 g/mol. The Morgan fingerprint density at radius 3 is 1.72 bits per heavy atom. The summed E-state index contributed by atoms with van der Waals surface area (Å²) < 4.78 is 11.2. The Bertz CT molecular complexity index is 1050. The maximum absolute atomic E-state index is 12.5. The van der Waals surface area contributed by atoms with Gasteiger partial charge in [0.15, 0.2) is 0 Å².